The van der Waals surface area contributed by atoms with Crippen LogP contribution < -0.4 is 10.5 Å². The van der Waals surface area contributed by atoms with Gasteiger partial charge in [0.1, 0.15) is 5.82 Å². The predicted octanol–water partition coefficient (Wildman–Crippen LogP) is 2.63. The highest BCUT2D eigenvalue weighted by Crippen LogP contribution is 2.20. The number of ether oxygens (including phenoxy) is 1. The van der Waals surface area contributed by atoms with E-state index in [9.17, 15) is 4.39 Å². The van der Waals surface area contributed by atoms with E-state index in [0.717, 1.165) is 0 Å². The third kappa shape index (κ3) is 3.48. The first kappa shape index (κ1) is 13.9. The fraction of sp³-hybridized carbons (Fsp3) is 0.231. The minimum absolute atomic E-state index is 0.286. The van der Waals surface area contributed by atoms with Crippen LogP contribution in [-0.2, 0) is 6.42 Å². The Bertz CT molecular complexity index is 562. The predicted molar refractivity (Wildman–Crippen MR) is 73.3 cm³/mol. The Morgan fingerprint density at radius 3 is 2.68 bits per heavy atom. The maximum Gasteiger partial charge on any atom is 0.233 e. The molecular formula is C13H13BrFN3O. The van der Waals surface area contributed by atoms with Gasteiger partial charge in [0.2, 0.25) is 5.88 Å². The molecule has 1 aromatic carbocycles. The Balaban J connectivity index is 2.13. The Labute approximate surface area is 118 Å². The van der Waals surface area contributed by atoms with Crippen molar-refractivity contribution in [2.45, 2.75) is 12.5 Å². The summed E-state index contributed by atoms with van der Waals surface area (Å²) >= 11 is 3.22. The lowest BCUT2D eigenvalue weighted by atomic mass is 10.0. The van der Waals surface area contributed by atoms with Crippen LogP contribution >= 0.6 is 15.9 Å². The van der Waals surface area contributed by atoms with E-state index in [0.29, 0.717) is 28.0 Å². The van der Waals surface area contributed by atoms with Gasteiger partial charge in [-0.05, 0) is 30.2 Å². The van der Waals surface area contributed by atoms with Gasteiger partial charge < -0.3 is 10.5 Å². The van der Waals surface area contributed by atoms with E-state index in [4.69, 9.17) is 10.5 Å². The van der Waals surface area contributed by atoms with Crippen molar-refractivity contribution in [3.63, 3.8) is 0 Å². The molecule has 1 heterocycles. The van der Waals surface area contributed by atoms with Crippen molar-refractivity contribution in [3.8, 4) is 5.88 Å². The van der Waals surface area contributed by atoms with Gasteiger partial charge in [0, 0.05) is 10.5 Å². The van der Waals surface area contributed by atoms with E-state index in [-0.39, 0.29) is 5.82 Å². The number of hydrogen-bond acceptors (Lipinski definition) is 4. The van der Waals surface area contributed by atoms with Gasteiger partial charge in [-0.3, -0.25) is 0 Å². The Hall–Kier alpha value is -1.53. The molecule has 0 aliphatic carbocycles. The zero-order valence-corrected chi connectivity index (χ0v) is 11.9. The van der Waals surface area contributed by atoms with Crippen molar-refractivity contribution in [2.24, 2.45) is 5.73 Å². The van der Waals surface area contributed by atoms with Crippen LogP contribution in [0.1, 0.15) is 17.3 Å². The van der Waals surface area contributed by atoms with Gasteiger partial charge in [0.15, 0.2) is 0 Å². The summed E-state index contributed by atoms with van der Waals surface area (Å²) in [6, 6.07) is 7.91. The first-order valence-corrected chi connectivity index (χ1v) is 6.46. The maximum atomic E-state index is 13.7. The van der Waals surface area contributed by atoms with Crippen LogP contribution in [0, 0.1) is 5.82 Å². The van der Waals surface area contributed by atoms with Crippen LogP contribution in [0.2, 0.25) is 0 Å². The molecule has 2 rings (SSSR count). The van der Waals surface area contributed by atoms with Crippen LogP contribution in [0.3, 0.4) is 0 Å². The van der Waals surface area contributed by atoms with E-state index in [2.05, 4.69) is 26.1 Å². The molecule has 1 aromatic heterocycles. The lowest BCUT2D eigenvalue weighted by Gasteiger charge is -2.11. The Morgan fingerprint density at radius 1 is 1.32 bits per heavy atom. The van der Waals surface area contributed by atoms with Gasteiger partial charge in [-0.15, -0.1) is 5.10 Å². The minimum atomic E-state index is -0.408. The number of nitrogens with two attached hydrogens (primary N) is 1. The van der Waals surface area contributed by atoms with Gasteiger partial charge in [0.25, 0.3) is 0 Å². The number of halogens is 2. The second-order valence-electron chi connectivity index (χ2n) is 4.05. The van der Waals surface area contributed by atoms with E-state index < -0.39 is 6.04 Å². The average molecular weight is 326 g/mol. The monoisotopic (exact) mass is 325 g/mol. The van der Waals surface area contributed by atoms with E-state index in [1.807, 2.05) is 0 Å². The van der Waals surface area contributed by atoms with Crippen molar-refractivity contribution in [2.75, 3.05) is 7.11 Å². The summed E-state index contributed by atoms with van der Waals surface area (Å²) in [5.41, 5.74) is 7.15. The van der Waals surface area contributed by atoms with E-state index in [1.165, 1.54) is 13.2 Å². The average Bonchev–Trinajstić information content (AvgIpc) is 2.42. The molecule has 0 saturated heterocycles. The van der Waals surface area contributed by atoms with Crippen LogP contribution in [0.4, 0.5) is 4.39 Å². The number of nitrogens with zero attached hydrogens (tertiary/aromatic N) is 2. The van der Waals surface area contributed by atoms with Crippen molar-refractivity contribution >= 4 is 15.9 Å². The molecule has 1 unspecified atom stereocenters. The molecule has 6 heteroatoms. The molecule has 2 N–H and O–H groups in total. The van der Waals surface area contributed by atoms with Crippen LogP contribution in [-0.4, -0.2) is 17.3 Å². The molecule has 0 amide bonds. The lowest BCUT2D eigenvalue weighted by molar-refractivity contribution is 0.390. The van der Waals surface area contributed by atoms with E-state index in [1.54, 1.807) is 24.3 Å². The molecule has 0 saturated carbocycles. The zero-order chi connectivity index (χ0) is 13.8. The molecule has 0 aliphatic rings. The molecule has 2 aromatic rings. The molecule has 4 nitrogen and oxygen atoms in total. The molecule has 1 atom stereocenters. The Morgan fingerprint density at radius 2 is 2.11 bits per heavy atom. The molecule has 100 valence electrons. The van der Waals surface area contributed by atoms with Gasteiger partial charge >= 0.3 is 0 Å². The third-order valence-corrected chi connectivity index (χ3v) is 3.20. The Kier molecular flexibility index (Phi) is 4.44. The van der Waals surface area contributed by atoms with E-state index >= 15 is 0 Å². The molecule has 19 heavy (non-hydrogen) atoms. The highest BCUT2D eigenvalue weighted by Gasteiger charge is 2.12. The normalized spacial score (nSPS) is 12.2. The van der Waals surface area contributed by atoms with Crippen molar-refractivity contribution < 1.29 is 9.13 Å². The molecular weight excluding hydrogens is 313 g/mol. The fourth-order valence-electron chi connectivity index (χ4n) is 1.67. The second kappa shape index (κ2) is 6.08. The summed E-state index contributed by atoms with van der Waals surface area (Å²) in [4.78, 5) is 0. The molecule has 0 fully saturated rings. The van der Waals surface area contributed by atoms with Crippen LogP contribution in [0.25, 0.3) is 0 Å². The molecule has 0 radical (unpaired) electrons. The summed E-state index contributed by atoms with van der Waals surface area (Å²) in [6.07, 6.45) is 0.361. The maximum absolute atomic E-state index is 13.7. The number of aromatic nitrogens is 2. The van der Waals surface area contributed by atoms with Crippen molar-refractivity contribution in [3.05, 3.63) is 51.9 Å². The summed E-state index contributed by atoms with van der Waals surface area (Å²) in [7, 11) is 1.51. The highest BCUT2D eigenvalue weighted by molar-refractivity contribution is 9.10. The topological polar surface area (TPSA) is 61.0 Å². The molecule has 0 aliphatic heterocycles. The van der Waals surface area contributed by atoms with Crippen LogP contribution in [0.15, 0.2) is 34.8 Å². The highest BCUT2D eigenvalue weighted by atomic mass is 79.9. The molecule has 0 bridgehead atoms. The smallest absolute Gasteiger partial charge is 0.233 e. The van der Waals surface area contributed by atoms with Crippen molar-refractivity contribution in [1.82, 2.24) is 10.2 Å². The quantitative estimate of drug-likeness (QED) is 0.938. The SMILES string of the molecule is COc1ccc(C(N)Cc2ccc(Br)cc2F)nn1. The van der Waals surface area contributed by atoms with Gasteiger partial charge in [0.05, 0.1) is 18.8 Å². The third-order valence-electron chi connectivity index (χ3n) is 2.70. The standard InChI is InChI=1S/C13H13BrFN3O/c1-19-13-5-4-12(17-18-13)11(16)6-8-2-3-9(14)7-10(8)15/h2-5,7,11H,6,16H2,1H3. The first-order chi connectivity index (χ1) is 9.10. The zero-order valence-electron chi connectivity index (χ0n) is 10.3. The number of rotatable bonds is 4. The van der Waals surface area contributed by atoms with Gasteiger partial charge in [-0.1, -0.05) is 22.0 Å². The number of methoxy groups -OCH3 is 1. The fourth-order valence-corrected chi connectivity index (χ4v) is 2.00. The number of hydrogen-bond donors (Lipinski definition) is 1. The molecule has 0 spiro atoms. The summed E-state index contributed by atoms with van der Waals surface area (Å²) in [5.74, 6) is 0.136. The van der Waals surface area contributed by atoms with Gasteiger partial charge in [-0.2, -0.15) is 5.10 Å². The van der Waals surface area contributed by atoms with Crippen LogP contribution in [0.5, 0.6) is 5.88 Å². The summed E-state index contributed by atoms with van der Waals surface area (Å²) in [5, 5.41) is 7.80. The summed E-state index contributed by atoms with van der Waals surface area (Å²) < 4.78 is 19.3. The van der Waals surface area contributed by atoms with Crippen molar-refractivity contribution in [1.29, 1.82) is 0 Å². The summed E-state index contributed by atoms with van der Waals surface area (Å²) in [6.45, 7) is 0. The minimum Gasteiger partial charge on any atom is -0.480 e. The van der Waals surface area contributed by atoms with Gasteiger partial charge in [-0.25, -0.2) is 4.39 Å². The lowest BCUT2D eigenvalue weighted by Crippen LogP contribution is -2.16. The number of benzene rings is 1. The second-order valence-corrected chi connectivity index (χ2v) is 4.96. The largest absolute Gasteiger partial charge is 0.480 e. The first-order valence-electron chi connectivity index (χ1n) is 5.67.